The van der Waals surface area contributed by atoms with Gasteiger partial charge >= 0.3 is 0 Å². The smallest absolute Gasteiger partial charge is 0.261 e. The Bertz CT molecular complexity index is 1080. The van der Waals surface area contributed by atoms with Crippen LogP contribution in [0.5, 0.6) is 5.75 Å². The summed E-state index contributed by atoms with van der Waals surface area (Å²) in [5.41, 5.74) is 1.41. The van der Waals surface area contributed by atoms with Gasteiger partial charge in [0.2, 0.25) is 0 Å². The second kappa shape index (κ2) is 11.1. The van der Waals surface area contributed by atoms with Crippen LogP contribution in [0.15, 0.2) is 71.3 Å². The first-order valence-electron chi connectivity index (χ1n) is 10.2. The van der Waals surface area contributed by atoms with Crippen molar-refractivity contribution >= 4 is 34.8 Å². The van der Waals surface area contributed by atoms with Crippen molar-refractivity contribution in [2.45, 2.75) is 20.4 Å². The van der Waals surface area contributed by atoms with Crippen LogP contribution >= 0.6 is 12.2 Å². The molecular weight excluding hydrogens is 426 g/mol. The Morgan fingerprint density at radius 1 is 1.03 bits per heavy atom. The van der Waals surface area contributed by atoms with Crippen molar-refractivity contribution in [3.05, 3.63) is 83.8 Å². The van der Waals surface area contributed by atoms with Crippen LogP contribution < -0.4 is 20.7 Å². The van der Waals surface area contributed by atoms with Crippen LogP contribution in [-0.2, 0) is 6.54 Å². The molecule has 0 fully saturated rings. The van der Waals surface area contributed by atoms with E-state index in [1.54, 1.807) is 60.9 Å². The molecule has 0 bridgehead atoms. The summed E-state index contributed by atoms with van der Waals surface area (Å²) in [5.74, 6) is 0.855. The second-order valence-electron chi connectivity index (χ2n) is 7.45. The maximum absolute atomic E-state index is 12.7. The van der Waals surface area contributed by atoms with Crippen LogP contribution in [0.3, 0.4) is 0 Å². The van der Waals surface area contributed by atoms with E-state index in [9.17, 15) is 9.59 Å². The summed E-state index contributed by atoms with van der Waals surface area (Å²) in [4.78, 5) is 25.1. The summed E-state index contributed by atoms with van der Waals surface area (Å²) in [6.45, 7) is 4.86. The minimum absolute atomic E-state index is 0.113. The highest BCUT2D eigenvalue weighted by atomic mass is 32.1. The minimum atomic E-state index is -0.380. The number of amides is 2. The molecule has 2 aromatic carbocycles. The molecule has 0 aliphatic rings. The van der Waals surface area contributed by atoms with Crippen molar-refractivity contribution in [3.63, 3.8) is 0 Å². The topological polar surface area (TPSA) is 92.6 Å². The first-order chi connectivity index (χ1) is 15.4. The number of furan rings is 1. The number of para-hydroxylation sites is 1. The van der Waals surface area contributed by atoms with E-state index in [-0.39, 0.29) is 23.5 Å². The molecule has 1 aromatic heterocycles. The number of benzene rings is 2. The largest absolute Gasteiger partial charge is 0.492 e. The van der Waals surface area contributed by atoms with Crippen LogP contribution in [0.4, 0.5) is 5.69 Å². The average Bonchev–Trinajstić information content (AvgIpc) is 3.30. The molecule has 8 heteroatoms. The Morgan fingerprint density at radius 2 is 1.84 bits per heavy atom. The van der Waals surface area contributed by atoms with Crippen LogP contribution in [0.25, 0.3) is 0 Å². The molecule has 0 aliphatic heterocycles. The summed E-state index contributed by atoms with van der Waals surface area (Å²) in [6, 6.07) is 17.4. The summed E-state index contributed by atoms with van der Waals surface area (Å²) in [6.07, 6.45) is 1.55. The predicted molar refractivity (Wildman–Crippen MR) is 127 cm³/mol. The average molecular weight is 452 g/mol. The molecule has 3 N–H and O–H groups in total. The van der Waals surface area contributed by atoms with Crippen molar-refractivity contribution in [2.75, 3.05) is 11.9 Å². The van der Waals surface area contributed by atoms with E-state index >= 15 is 0 Å². The molecule has 0 saturated carbocycles. The fourth-order valence-corrected chi connectivity index (χ4v) is 3.00. The van der Waals surface area contributed by atoms with E-state index in [1.165, 1.54) is 0 Å². The molecule has 3 aromatic rings. The first kappa shape index (κ1) is 23.0. The Kier molecular flexibility index (Phi) is 7.99. The van der Waals surface area contributed by atoms with Gasteiger partial charge in [0.25, 0.3) is 11.8 Å². The number of hydrogen-bond acceptors (Lipinski definition) is 5. The molecule has 0 aliphatic carbocycles. The summed E-state index contributed by atoms with van der Waals surface area (Å²) < 4.78 is 10.9. The van der Waals surface area contributed by atoms with Gasteiger partial charge in [0, 0.05) is 11.3 Å². The first-order valence-corrected chi connectivity index (χ1v) is 10.6. The summed E-state index contributed by atoms with van der Waals surface area (Å²) in [5, 5.41) is 8.49. The lowest BCUT2D eigenvalue weighted by atomic mass is 10.2. The van der Waals surface area contributed by atoms with Crippen molar-refractivity contribution in [2.24, 2.45) is 5.92 Å². The quantitative estimate of drug-likeness (QED) is 0.441. The van der Waals surface area contributed by atoms with Crippen LogP contribution in [0, 0.1) is 5.92 Å². The van der Waals surface area contributed by atoms with E-state index in [0.29, 0.717) is 40.8 Å². The fourth-order valence-electron chi connectivity index (χ4n) is 2.79. The molecule has 7 nitrogen and oxygen atoms in total. The van der Waals surface area contributed by atoms with Crippen LogP contribution in [-0.4, -0.2) is 23.5 Å². The standard InChI is InChI=1S/C24H25N3O4S/c1-16(2)15-31-21-11-4-3-10-20(21)23(29)27-24(32)26-18-8-5-7-17(13-18)22(28)25-14-19-9-6-12-30-19/h3-13,16H,14-15H2,1-2H3,(H,25,28)(H2,26,27,29,32). The maximum atomic E-state index is 12.7. The third kappa shape index (κ3) is 6.68. The van der Waals surface area contributed by atoms with Crippen molar-refractivity contribution in [3.8, 4) is 5.75 Å². The van der Waals surface area contributed by atoms with E-state index in [1.807, 2.05) is 19.9 Å². The van der Waals surface area contributed by atoms with Gasteiger partial charge in [0.05, 0.1) is 25.0 Å². The Hall–Kier alpha value is -3.65. The lowest BCUT2D eigenvalue weighted by Gasteiger charge is -2.14. The van der Waals surface area contributed by atoms with Gasteiger partial charge in [0.1, 0.15) is 11.5 Å². The molecule has 3 rings (SSSR count). The van der Waals surface area contributed by atoms with Crippen molar-refractivity contribution < 1.29 is 18.7 Å². The highest BCUT2D eigenvalue weighted by molar-refractivity contribution is 7.80. The van der Waals surface area contributed by atoms with E-state index in [2.05, 4.69) is 16.0 Å². The monoisotopic (exact) mass is 451 g/mol. The van der Waals surface area contributed by atoms with Gasteiger partial charge in [-0.25, -0.2) is 0 Å². The fraction of sp³-hybridized carbons (Fsp3) is 0.208. The highest BCUT2D eigenvalue weighted by Gasteiger charge is 2.14. The zero-order valence-corrected chi connectivity index (χ0v) is 18.7. The van der Waals surface area contributed by atoms with E-state index in [0.717, 1.165) is 0 Å². The molecule has 1 heterocycles. The molecule has 32 heavy (non-hydrogen) atoms. The minimum Gasteiger partial charge on any atom is -0.492 e. The van der Waals surface area contributed by atoms with Gasteiger partial charge < -0.3 is 19.8 Å². The molecule has 0 saturated heterocycles. The maximum Gasteiger partial charge on any atom is 0.261 e. The molecule has 0 spiro atoms. The van der Waals surface area contributed by atoms with Gasteiger partial charge in [-0.1, -0.05) is 32.0 Å². The Balaban J connectivity index is 1.59. The third-order valence-electron chi connectivity index (χ3n) is 4.32. The van der Waals surface area contributed by atoms with E-state index < -0.39 is 0 Å². The zero-order valence-electron chi connectivity index (χ0n) is 17.9. The van der Waals surface area contributed by atoms with Gasteiger partial charge in [-0.05, 0) is 60.6 Å². The number of ether oxygens (including phenoxy) is 1. The second-order valence-corrected chi connectivity index (χ2v) is 7.86. The zero-order chi connectivity index (χ0) is 22.9. The molecule has 0 unspecified atom stereocenters. The molecule has 2 amide bonds. The number of rotatable bonds is 8. The number of nitrogens with one attached hydrogen (secondary N) is 3. The van der Waals surface area contributed by atoms with Crippen LogP contribution in [0.2, 0.25) is 0 Å². The number of hydrogen-bond donors (Lipinski definition) is 3. The Labute approximate surface area is 192 Å². The molecule has 0 atom stereocenters. The number of carbonyl (C=O) groups excluding carboxylic acids is 2. The number of carbonyl (C=O) groups is 2. The van der Waals surface area contributed by atoms with Gasteiger partial charge in [-0.3, -0.25) is 14.9 Å². The Morgan fingerprint density at radius 3 is 2.59 bits per heavy atom. The lowest BCUT2D eigenvalue weighted by Crippen LogP contribution is -2.34. The van der Waals surface area contributed by atoms with E-state index in [4.69, 9.17) is 21.4 Å². The van der Waals surface area contributed by atoms with Crippen LogP contribution in [0.1, 0.15) is 40.3 Å². The van der Waals surface area contributed by atoms with Gasteiger partial charge in [0.15, 0.2) is 5.11 Å². The van der Waals surface area contributed by atoms with Gasteiger partial charge in [-0.2, -0.15) is 0 Å². The van der Waals surface area contributed by atoms with Crippen molar-refractivity contribution in [1.29, 1.82) is 0 Å². The van der Waals surface area contributed by atoms with Crippen molar-refractivity contribution in [1.82, 2.24) is 10.6 Å². The predicted octanol–water partition coefficient (Wildman–Crippen LogP) is 4.37. The molecule has 0 radical (unpaired) electrons. The highest BCUT2D eigenvalue weighted by Crippen LogP contribution is 2.19. The van der Waals surface area contributed by atoms with Gasteiger partial charge in [-0.15, -0.1) is 0 Å². The number of thiocarbonyl (C=S) groups is 1. The number of anilines is 1. The normalized spacial score (nSPS) is 10.5. The summed E-state index contributed by atoms with van der Waals surface area (Å²) >= 11 is 5.28. The SMILES string of the molecule is CC(C)COc1ccccc1C(=O)NC(=S)Nc1cccc(C(=O)NCc2ccco2)c1. The summed E-state index contributed by atoms with van der Waals surface area (Å²) in [7, 11) is 0. The molecular formula is C24H25N3O4S. The molecule has 166 valence electrons. The third-order valence-corrected chi connectivity index (χ3v) is 4.52. The lowest BCUT2D eigenvalue weighted by molar-refractivity contribution is 0.0945.